The Morgan fingerprint density at radius 1 is 0.760 bits per heavy atom. The van der Waals surface area contributed by atoms with Gasteiger partial charge in [-0.05, 0) is 17.7 Å². The second kappa shape index (κ2) is 7.77. The molecule has 4 nitrogen and oxygen atoms in total. The molecule has 0 aromatic heterocycles. The first-order valence-electron chi connectivity index (χ1n) is 7.87. The molecule has 0 heterocycles. The summed E-state index contributed by atoms with van der Waals surface area (Å²) in [7, 11) is -3.69. The van der Waals surface area contributed by atoms with Crippen molar-refractivity contribution in [3.63, 3.8) is 0 Å². The molecule has 0 radical (unpaired) electrons. The molecule has 3 aromatic carbocycles. The largest absolute Gasteiger partial charge is 0.263 e. The normalized spacial score (nSPS) is 11.9. The van der Waals surface area contributed by atoms with Crippen molar-refractivity contribution in [1.29, 1.82) is 0 Å². The van der Waals surface area contributed by atoms with Crippen LogP contribution in [0.1, 0.15) is 11.1 Å². The minimum Gasteiger partial charge on any atom is -0.263 e. The number of nitrogens with one attached hydrogen (secondary N) is 1. The van der Waals surface area contributed by atoms with Crippen molar-refractivity contribution >= 4 is 15.9 Å². The Morgan fingerprint density at radius 2 is 1.28 bits per heavy atom. The number of amidine groups is 1. The van der Waals surface area contributed by atoms with E-state index in [1.165, 1.54) is 0 Å². The highest BCUT2D eigenvalue weighted by Gasteiger charge is 2.16. The Morgan fingerprint density at radius 3 is 1.88 bits per heavy atom. The van der Waals surface area contributed by atoms with Gasteiger partial charge in [-0.1, -0.05) is 78.9 Å². The van der Waals surface area contributed by atoms with Gasteiger partial charge < -0.3 is 0 Å². The predicted molar refractivity (Wildman–Crippen MR) is 99.9 cm³/mol. The highest BCUT2D eigenvalue weighted by molar-refractivity contribution is 7.90. The lowest BCUT2D eigenvalue weighted by atomic mass is 10.2. The number of hydrogen-bond donors (Lipinski definition) is 1. The van der Waals surface area contributed by atoms with Crippen molar-refractivity contribution < 1.29 is 8.42 Å². The summed E-state index contributed by atoms with van der Waals surface area (Å²) in [5, 5.41) is 0. The Bertz CT molecular complexity index is 939. The van der Waals surface area contributed by atoms with E-state index in [2.05, 4.69) is 9.71 Å². The van der Waals surface area contributed by atoms with Gasteiger partial charge in [-0.2, -0.15) is 0 Å². The molecule has 5 heteroatoms. The SMILES string of the molecule is O=S(=O)(NC(=NCc1ccccc1)c1ccccc1)c1ccccc1. The fraction of sp³-hybridized carbons (Fsp3) is 0.0500. The minimum atomic E-state index is -3.69. The van der Waals surface area contributed by atoms with Crippen LogP contribution >= 0.6 is 0 Å². The third-order valence-electron chi connectivity index (χ3n) is 3.59. The molecule has 0 unspecified atom stereocenters. The summed E-state index contributed by atoms with van der Waals surface area (Å²) in [6.45, 7) is 0.391. The van der Waals surface area contributed by atoms with Gasteiger partial charge in [-0.25, -0.2) is 8.42 Å². The maximum atomic E-state index is 12.6. The second-order valence-electron chi connectivity index (χ2n) is 5.44. The number of aliphatic imine (C=N–C) groups is 1. The summed E-state index contributed by atoms with van der Waals surface area (Å²) < 4.78 is 27.9. The van der Waals surface area contributed by atoms with Crippen molar-refractivity contribution in [1.82, 2.24) is 4.72 Å². The van der Waals surface area contributed by atoms with Crippen molar-refractivity contribution in [2.45, 2.75) is 11.4 Å². The van der Waals surface area contributed by atoms with E-state index in [-0.39, 0.29) is 4.90 Å². The molecule has 0 fully saturated rings. The van der Waals surface area contributed by atoms with Gasteiger partial charge >= 0.3 is 0 Å². The number of benzene rings is 3. The molecule has 0 saturated heterocycles. The molecule has 0 aliphatic rings. The van der Waals surface area contributed by atoms with Gasteiger partial charge in [0, 0.05) is 5.56 Å². The molecular formula is C20H18N2O2S. The molecule has 0 amide bonds. The van der Waals surface area contributed by atoms with E-state index in [0.29, 0.717) is 12.4 Å². The number of hydrogen-bond acceptors (Lipinski definition) is 3. The average molecular weight is 350 g/mol. The van der Waals surface area contributed by atoms with Crippen LogP contribution in [-0.2, 0) is 16.6 Å². The molecule has 0 spiro atoms. The van der Waals surface area contributed by atoms with E-state index in [1.807, 2.05) is 60.7 Å². The van der Waals surface area contributed by atoms with E-state index in [9.17, 15) is 8.42 Å². The molecule has 25 heavy (non-hydrogen) atoms. The van der Waals surface area contributed by atoms with Crippen LogP contribution in [0.15, 0.2) is 101 Å². The van der Waals surface area contributed by atoms with Crippen molar-refractivity contribution in [3.8, 4) is 0 Å². The van der Waals surface area contributed by atoms with Gasteiger partial charge in [-0.15, -0.1) is 0 Å². The quantitative estimate of drug-likeness (QED) is 0.564. The van der Waals surface area contributed by atoms with Crippen LogP contribution in [0.4, 0.5) is 0 Å². The first-order chi connectivity index (χ1) is 12.1. The molecule has 0 bridgehead atoms. The zero-order chi connectivity index (χ0) is 17.5. The summed E-state index contributed by atoms with van der Waals surface area (Å²) in [4.78, 5) is 4.71. The topological polar surface area (TPSA) is 58.5 Å². The van der Waals surface area contributed by atoms with Crippen LogP contribution < -0.4 is 4.72 Å². The molecule has 0 saturated carbocycles. The standard InChI is InChI=1S/C20H18N2O2S/c23-25(24,19-14-8-3-9-15-19)22-20(18-12-6-2-7-13-18)21-16-17-10-4-1-5-11-17/h1-15H,16H2,(H,21,22). The smallest absolute Gasteiger partial charge is 0.263 e. The van der Waals surface area contributed by atoms with Crippen molar-refractivity contribution in [2.24, 2.45) is 4.99 Å². The maximum Gasteiger partial charge on any atom is 0.263 e. The predicted octanol–water partition coefficient (Wildman–Crippen LogP) is 3.61. The Labute approximate surface area is 147 Å². The summed E-state index contributed by atoms with van der Waals surface area (Å²) in [5.41, 5.74) is 1.73. The molecule has 3 rings (SSSR count). The highest BCUT2D eigenvalue weighted by atomic mass is 32.2. The van der Waals surface area contributed by atoms with Gasteiger partial charge in [-0.3, -0.25) is 9.71 Å². The number of rotatable bonds is 5. The van der Waals surface area contributed by atoms with E-state index in [0.717, 1.165) is 11.1 Å². The van der Waals surface area contributed by atoms with Gasteiger partial charge in [0.1, 0.15) is 5.84 Å². The van der Waals surface area contributed by atoms with Crippen molar-refractivity contribution in [3.05, 3.63) is 102 Å². The van der Waals surface area contributed by atoms with Crippen LogP contribution in [0.3, 0.4) is 0 Å². The summed E-state index contributed by atoms with van der Waals surface area (Å²) in [5.74, 6) is 0.327. The zero-order valence-electron chi connectivity index (χ0n) is 13.5. The summed E-state index contributed by atoms with van der Waals surface area (Å²) >= 11 is 0. The molecular weight excluding hydrogens is 332 g/mol. The molecule has 3 aromatic rings. The zero-order valence-corrected chi connectivity index (χ0v) is 14.4. The Hall–Kier alpha value is -2.92. The monoisotopic (exact) mass is 350 g/mol. The van der Waals surface area contributed by atoms with Gasteiger partial charge in [0.05, 0.1) is 11.4 Å². The van der Waals surface area contributed by atoms with E-state index >= 15 is 0 Å². The van der Waals surface area contributed by atoms with Crippen molar-refractivity contribution in [2.75, 3.05) is 0 Å². The molecule has 0 atom stereocenters. The lowest BCUT2D eigenvalue weighted by Gasteiger charge is -2.11. The van der Waals surface area contributed by atoms with Crippen LogP contribution in [-0.4, -0.2) is 14.3 Å². The average Bonchev–Trinajstić information content (AvgIpc) is 2.67. The van der Waals surface area contributed by atoms with Gasteiger partial charge in [0.2, 0.25) is 0 Å². The van der Waals surface area contributed by atoms with Gasteiger partial charge in [0.25, 0.3) is 10.0 Å². The van der Waals surface area contributed by atoms with Crippen LogP contribution in [0.5, 0.6) is 0 Å². The number of nitrogens with zero attached hydrogens (tertiary/aromatic N) is 1. The Kier molecular flexibility index (Phi) is 5.26. The lowest BCUT2D eigenvalue weighted by Crippen LogP contribution is -2.31. The van der Waals surface area contributed by atoms with E-state index < -0.39 is 10.0 Å². The fourth-order valence-corrected chi connectivity index (χ4v) is 3.39. The second-order valence-corrected chi connectivity index (χ2v) is 7.12. The number of sulfonamides is 1. The molecule has 0 aliphatic carbocycles. The molecule has 1 N–H and O–H groups in total. The first-order valence-corrected chi connectivity index (χ1v) is 9.35. The minimum absolute atomic E-state index is 0.207. The van der Waals surface area contributed by atoms with Crippen LogP contribution in [0.25, 0.3) is 0 Å². The lowest BCUT2D eigenvalue weighted by molar-refractivity contribution is 0.592. The molecule has 126 valence electrons. The van der Waals surface area contributed by atoms with Crippen LogP contribution in [0, 0.1) is 0 Å². The summed E-state index contributed by atoms with van der Waals surface area (Å²) in [6.07, 6.45) is 0. The fourth-order valence-electron chi connectivity index (χ4n) is 2.32. The Balaban J connectivity index is 1.92. The van der Waals surface area contributed by atoms with Crippen LogP contribution in [0.2, 0.25) is 0 Å². The van der Waals surface area contributed by atoms with Gasteiger partial charge in [0.15, 0.2) is 0 Å². The third kappa shape index (κ3) is 4.55. The first kappa shape index (κ1) is 16.9. The van der Waals surface area contributed by atoms with E-state index in [1.54, 1.807) is 30.3 Å². The third-order valence-corrected chi connectivity index (χ3v) is 4.95. The summed E-state index contributed by atoms with van der Waals surface area (Å²) in [6, 6.07) is 27.2. The maximum absolute atomic E-state index is 12.6. The van der Waals surface area contributed by atoms with E-state index in [4.69, 9.17) is 0 Å². The molecule has 0 aliphatic heterocycles. The highest BCUT2D eigenvalue weighted by Crippen LogP contribution is 2.10.